The molecule has 1 amide bonds. The minimum Gasteiger partial charge on any atom is -0.380 e. The van der Waals surface area contributed by atoms with Crippen LogP contribution in [-0.2, 0) is 14.3 Å². The number of rotatable bonds is 3. The molecule has 1 atom stereocenters. The Bertz CT molecular complexity index is 564. The predicted molar refractivity (Wildman–Crippen MR) is 95.1 cm³/mol. The molecule has 2 fully saturated rings. The monoisotopic (exact) mass is 330 g/mol. The van der Waals surface area contributed by atoms with Gasteiger partial charge in [-0.05, 0) is 37.1 Å². The van der Waals surface area contributed by atoms with Crippen molar-refractivity contribution in [1.29, 1.82) is 0 Å². The standard InChI is InChI=1S/C19H26N2O3/c1-16-8-12-23-15-11-21(16)19(22)7-4-17-2-5-18(6-3-17)20-9-13-24-14-10-20/h2-7,16H,8-15H2,1H3/b7-4+. The number of benzene rings is 1. The summed E-state index contributed by atoms with van der Waals surface area (Å²) in [5.41, 5.74) is 2.25. The average Bonchev–Trinajstić information content (AvgIpc) is 2.85. The molecule has 2 aliphatic heterocycles. The number of hydrogen-bond donors (Lipinski definition) is 0. The molecule has 2 heterocycles. The summed E-state index contributed by atoms with van der Waals surface area (Å²) < 4.78 is 10.8. The van der Waals surface area contributed by atoms with E-state index in [-0.39, 0.29) is 11.9 Å². The highest BCUT2D eigenvalue weighted by Gasteiger charge is 2.20. The fourth-order valence-corrected chi connectivity index (χ4v) is 3.10. The van der Waals surface area contributed by atoms with Crippen LogP contribution in [0.4, 0.5) is 5.69 Å². The molecule has 0 spiro atoms. The van der Waals surface area contributed by atoms with E-state index in [1.807, 2.05) is 11.0 Å². The van der Waals surface area contributed by atoms with Gasteiger partial charge >= 0.3 is 0 Å². The number of carbonyl (C=O) groups excluding carboxylic acids is 1. The second kappa shape index (κ2) is 8.31. The van der Waals surface area contributed by atoms with Crippen molar-refractivity contribution in [2.24, 2.45) is 0 Å². The second-order valence-corrected chi connectivity index (χ2v) is 6.31. The zero-order valence-electron chi connectivity index (χ0n) is 14.3. The Labute approximate surface area is 143 Å². The molecule has 0 bridgehead atoms. The normalized spacial score (nSPS) is 22.6. The first kappa shape index (κ1) is 17.0. The molecular weight excluding hydrogens is 304 g/mol. The second-order valence-electron chi connectivity index (χ2n) is 6.31. The minimum absolute atomic E-state index is 0.0604. The molecule has 1 unspecified atom stereocenters. The number of ether oxygens (including phenoxy) is 2. The van der Waals surface area contributed by atoms with E-state index in [0.717, 1.165) is 44.9 Å². The summed E-state index contributed by atoms with van der Waals surface area (Å²) in [7, 11) is 0. The van der Waals surface area contributed by atoms with Crippen molar-refractivity contribution in [2.45, 2.75) is 19.4 Å². The number of hydrogen-bond acceptors (Lipinski definition) is 4. The molecule has 1 aromatic carbocycles. The van der Waals surface area contributed by atoms with Crippen molar-refractivity contribution in [3.05, 3.63) is 35.9 Å². The lowest BCUT2D eigenvalue weighted by Crippen LogP contribution is -2.38. The van der Waals surface area contributed by atoms with Crippen LogP contribution >= 0.6 is 0 Å². The highest BCUT2D eigenvalue weighted by molar-refractivity contribution is 5.92. The van der Waals surface area contributed by atoms with Crippen LogP contribution in [0, 0.1) is 0 Å². The molecule has 1 aromatic rings. The molecule has 24 heavy (non-hydrogen) atoms. The largest absolute Gasteiger partial charge is 0.380 e. The summed E-state index contributed by atoms with van der Waals surface area (Å²) >= 11 is 0. The van der Waals surface area contributed by atoms with E-state index in [4.69, 9.17) is 9.47 Å². The van der Waals surface area contributed by atoms with Gasteiger partial charge in [-0.2, -0.15) is 0 Å². The van der Waals surface area contributed by atoms with Crippen LogP contribution in [0.5, 0.6) is 0 Å². The first-order chi connectivity index (χ1) is 11.7. The minimum atomic E-state index is 0.0604. The molecule has 2 saturated heterocycles. The van der Waals surface area contributed by atoms with Crippen molar-refractivity contribution in [1.82, 2.24) is 4.90 Å². The maximum atomic E-state index is 12.4. The van der Waals surface area contributed by atoms with Crippen molar-refractivity contribution in [3.8, 4) is 0 Å². The van der Waals surface area contributed by atoms with Gasteiger partial charge < -0.3 is 19.3 Å². The lowest BCUT2D eigenvalue weighted by Gasteiger charge is -2.28. The zero-order chi connectivity index (χ0) is 16.8. The Hall–Kier alpha value is -1.85. The Morgan fingerprint density at radius 2 is 1.71 bits per heavy atom. The molecule has 3 rings (SSSR count). The van der Waals surface area contributed by atoms with Crippen LogP contribution in [0.25, 0.3) is 6.08 Å². The van der Waals surface area contributed by atoms with Gasteiger partial charge in [0.05, 0.1) is 19.8 Å². The van der Waals surface area contributed by atoms with Crippen molar-refractivity contribution < 1.29 is 14.3 Å². The highest BCUT2D eigenvalue weighted by Crippen LogP contribution is 2.17. The maximum absolute atomic E-state index is 12.4. The van der Waals surface area contributed by atoms with E-state index >= 15 is 0 Å². The lowest BCUT2D eigenvalue weighted by atomic mass is 10.1. The van der Waals surface area contributed by atoms with Crippen LogP contribution in [0.2, 0.25) is 0 Å². The predicted octanol–water partition coefficient (Wildman–Crippen LogP) is 2.17. The fraction of sp³-hybridized carbons (Fsp3) is 0.526. The Morgan fingerprint density at radius 3 is 2.46 bits per heavy atom. The smallest absolute Gasteiger partial charge is 0.246 e. The van der Waals surface area contributed by atoms with Crippen molar-refractivity contribution in [3.63, 3.8) is 0 Å². The lowest BCUT2D eigenvalue weighted by molar-refractivity contribution is -0.127. The zero-order valence-corrected chi connectivity index (χ0v) is 14.3. The van der Waals surface area contributed by atoms with E-state index in [0.29, 0.717) is 13.2 Å². The summed E-state index contributed by atoms with van der Waals surface area (Å²) in [4.78, 5) is 16.6. The molecule has 0 saturated carbocycles. The summed E-state index contributed by atoms with van der Waals surface area (Å²) in [5, 5.41) is 0. The first-order valence-corrected chi connectivity index (χ1v) is 8.73. The van der Waals surface area contributed by atoms with Gasteiger partial charge in [0, 0.05) is 44.0 Å². The number of amides is 1. The fourth-order valence-electron chi connectivity index (χ4n) is 3.10. The molecular formula is C19H26N2O3. The van der Waals surface area contributed by atoms with E-state index in [1.165, 1.54) is 5.69 Å². The third-order valence-electron chi connectivity index (χ3n) is 4.66. The summed E-state index contributed by atoms with van der Waals surface area (Å²) in [5.74, 6) is 0.0604. The summed E-state index contributed by atoms with van der Waals surface area (Å²) in [6, 6.07) is 8.57. The van der Waals surface area contributed by atoms with Crippen LogP contribution in [0.15, 0.2) is 30.3 Å². The average molecular weight is 330 g/mol. The van der Waals surface area contributed by atoms with Crippen LogP contribution in [0.3, 0.4) is 0 Å². The SMILES string of the molecule is CC1CCOCCN1C(=O)/C=C/c1ccc(N2CCOCC2)cc1. The van der Waals surface area contributed by atoms with Gasteiger partial charge in [-0.15, -0.1) is 0 Å². The number of morpholine rings is 1. The van der Waals surface area contributed by atoms with Gasteiger partial charge in [0.25, 0.3) is 0 Å². The molecule has 0 aliphatic carbocycles. The van der Waals surface area contributed by atoms with Gasteiger partial charge in [-0.3, -0.25) is 4.79 Å². The van der Waals surface area contributed by atoms with Crippen LogP contribution < -0.4 is 4.90 Å². The highest BCUT2D eigenvalue weighted by atomic mass is 16.5. The van der Waals surface area contributed by atoms with Crippen LogP contribution in [0.1, 0.15) is 18.9 Å². The van der Waals surface area contributed by atoms with E-state index < -0.39 is 0 Å². The first-order valence-electron chi connectivity index (χ1n) is 8.73. The third-order valence-corrected chi connectivity index (χ3v) is 4.66. The number of nitrogens with zero attached hydrogens (tertiary/aromatic N) is 2. The maximum Gasteiger partial charge on any atom is 0.246 e. The summed E-state index contributed by atoms with van der Waals surface area (Å²) in [6.45, 7) is 7.54. The molecule has 0 aromatic heterocycles. The van der Waals surface area contributed by atoms with E-state index in [1.54, 1.807) is 6.08 Å². The molecule has 130 valence electrons. The number of anilines is 1. The summed E-state index contributed by atoms with van der Waals surface area (Å²) in [6.07, 6.45) is 4.46. The molecule has 0 radical (unpaired) electrons. The Balaban J connectivity index is 1.60. The quantitative estimate of drug-likeness (QED) is 0.797. The third kappa shape index (κ3) is 4.36. The van der Waals surface area contributed by atoms with Crippen molar-refractivity contribution >= 4 is 17.7 Å². The van der Waals surface area contributed by atoms with Crippen molar-refractivity contribution in [2.75, 3.05) is 51.0 Å². The van der Waals surface area contributed by atoms with E-state index in [9.17, 15) is 4.79 Å². The van der Waals surface area contributed by atoms with E-state index in [2.05, 4.69) is 36.1 Å². The molecule has 0 N–H and O–H groups in total. The Morgan fingerprint density at radius 1 is 1.04 bits per heavy atom. The molecule has 5 nitrogen and oxygen atoms in total. The Kier molecular flexibility index (Phi) is 5.88. The van der Waals surface area contributed by atoms with Gasteiger partial charge in [0.1, 0.15) is 0 Å². The van der Waals surface area contributed by atoms with Gasteiger partial charge in [-0.25, -0.2) is 0 Å². The van der Waals surface area contributed by atoms with Gasteiger partial charge in [-0.1, -0.05) is 12.1 Å². The van der Waals surface area contributed by atoms with Gasteiger partial charge in [0.15, 0.2) is 0 Å². The topological polar surface area (TPSA) is 42.0 Å². The number of carbonyl (C=O) groups is 1. The molecule has 5 heteroatoms. The van der Waals surface area contributed by atoms with Gasteiger partial charge in [0.2, 0.25) is 5.91 Å². The van der Waals surface area contributed by atoms with Crippen LogP contribution in [-0.4, -0.2) is 62.9 Å². The molecule has 2 aliphatic rings.